The van der Waals surface area contributed by atoms with Crippen molar-refractivity contribution in [3.05, 3.63) is 29.0 Å². The van der Waals surface area contributed by atoms with Crippen molar-refractivity contribution >= 4 is 39.3 Å². The van der Waals surface area contributed by atoms with Crippen LogP contribution in [0.2, 0.25) is 0 Å². The highest BCUT2D eigenvalue weighted by Gasteiger charge is 2.05. The molecule has 0 unspecified atom stereocenters. The number of carboxylic acid groups (broad SMARTS) is 1. The fourth-order valence-corrected chi connectivity index (χ4v) is 3.02. The second kappa shape index (κ2) is 4.80. The molecular formula is C10H8FNO2S2. The second-order valence-corrected chi connectivity index (χ2v) is 5.21. The average Bonchev–Trinajstić information content (AvgIpc) is 2.58. The maximum Gasteiger partial charge on any atom is 0.313 e. The van der Waals surface area contributed by atoms with Gasteiger partial charge in [0.2, 0.25) is 0 Å². The maximum atomic E-state index is 12.9. The van der Waals surface area contributed by atoms with Crippen LogP contribution in [-0.2, 0) is 10.5 Å². The van der Waals surface area contributed by atoms with E-state index in [1.165, 1.54) is 35.2 Å². The lowest BCUT2D eigenvalue weighted by molar-refractivity contribution is -0.133. The molecule has 2 rings (SSSR count). The Hall–Kier alpha value is -1.14. The molecule has 84 valence electrons. The Bertz CT molecular complexity index is 527. The zero-order chi connectivity index (χ0) is 11.5. The molecule has 0 fully saturated rings. The summed E-state index contributed by atoms with van der Waals surface area (Å²) < 4.78 is 13.7. The van der Waals surface area contributed by atoms with Gasteiger partial charge in [-0.3, -0.25) is 4.79 Å². The van der Waals surface area contributed by atoms with Gasteiger partial charge in [-0.25, -0.2) is 9.37 Å². The van der Waals surface area contributed by atoms with Crippen LogP contribution in [0.5, 0.6) is 0 Å². The standard InChI is InChI=1S/C10H8FNO2S2/c11-6-1-2-7-8(3-6)16-9(12-7)4-15-5-10(13)14/h1-3H,4-5H2,(H,13,14). The molecule has 2 aromatic rings. The lowest BCUT2D eigenvalue weighted by atomic mass is 10.3. The summed E-state index contributed by atoms with van der Waals surface area (Å²) in [6.45, 7) is 0. The van der Waals surface area contributed by atoms with Crippen molar-refractivity contribution in [3.8, 4) is 0 Å². The average molecular weight is 257 g/mol. The Morgan fingerprint density at radius 2 is 2.38 bits per heavy atom. The number of rotatable bonds is 4. The van der Waals surface area contributed by atoms with Crippen molar-refractivity contribution in [2.24, 2.45) is 0 Å². The van der Waals surface area contributed by atoms with Gasteiger partial charge in [-0.15, -0.1) is 23.1 Å². The Morgan fingerprint density at radius 1 is 1.56 bits per heavy atom. The molecule has 1 aromatic heterocycles. The third kappa shape index (κ3) is 2.70. The van der Waals surface area contributed by atoms with Crippen molar-refractivity contribution in [1.29, 1.82) is 0 Å². The predicted molar refractivity (Wildman–Crippen MR) is 63.4 cm³/mol. The quantitative estimate of drug-likeness (QED) is 0.915. The molecular weight excluding hydrogens is 249 g/mol. The maximum absolute atomic E-state index is 12.9. The van der Waals surface area contributed by atoms with E-state index in [9.17, 15) is 9.18 Å². The van der Waals surface area contributed by atoms with Crippen molar-refractivity contribution in [1.82, 2.24) is 4.98 Å². The number of carbonyl (C=O) groups is 1. The van der Waals surface area contributed by atoms with Gasteiger partial charge in [-0.2, -0.15) is 0 Å². The topological polar surface area (TPSA) is 50.2 Å². The summed E-state index contributed by atoms with van der Waals surface area (Å²) in [5, 5.41) is 9.31. The fraction of sp³-hybridized carbons (Fsp3) is 0.200. The molecule has 0 bridgehead atoms. The smallest absolute Gasteiger partial charge is 0.313 e. The minimum absolute atomic E-state index is 0.0598. The lowest BCUT2D eigenvalue weighted by Gasteiger charge is -1.92. The second-order valence-electron chi connectivity index (χ2n) is 3.11. The zero-order valence-corrected chi connectivity index (χ0v) is 9.78. The first kappa shape index (κ1) is 11.3. The van der Waals surface area contributed by atoms with Crippen LogP contribution >= 0.6 is 23.1 Å². The molecule has 0 amide bonds. The van der Waals surface area contributed by atoms with Crippen LogP contribution < -0.4 is 0 Å². The van der Waals surface area contributed by atoms with E-state index in [1.807, 2.05) is 0 Å². The number of benzene rings is 1. The van der Waals surface area contributed by atoms with Crippen LogP contribution in [0.15, 0.2) is 18.2 Å². The van der Waals surface area contributed by atoms with Crippen LogP contribution in [0.3, 0.4) is 0 Å². The number of hydrogen-bond acceptors (Lipinski definition) is 4. The van der Waals surface area contributed by atoms with E-state index >= 15 is 0 Å². The molecule has 0 aliphatic heterocycles. The number of halogens is 1. The molecule has 0 saturated carbocycles. The van der Waals surface area contributed by atoms with Gasteiger partial charge in [-0.05, 0) is 18.2 Å². The number of thioether (sulfide) groups is 1. The molecule has 0 spiro atoms. The summed E-state index contributed by atoms with van der Waals surface area (Å²) in [6.07, 6.45) is 0. The SMILES string of the molecule is O=C(O)CSCc1nc2ccc(F)cc2s1. The number of fused-ring (bicyclic) bond motifs is 1. The van der Waals surface area contributed by atoms with E-state index in [0.717, 1.165) is 15.2 Å². The van der Waals surface area contributed by atoms with Crippen LogP contribution in [0.25, 0.3) is 10.2 Å². The molecule has 1 heterocycles. The highest BCUT2D eigenvalue weighted by molar-refractivity contribution is 7.99. The monoisotopic (exact) mass is 257 g/mol. The number of aliphatic carboxylic acids is 1. The van der Waals surface area contributed by atoms with Crippen LogP contribution in [-0.4, -0.2) is 21.8 Å². The molecule has 1 aromatic carbocycles. The van der Waals surface area contributed by atoms with E-state index in [4.69, 9.17) is 5.11 Å². The van der Waals surface area contributed by atoms with Gasteiger partial charge >= 0.3 is 5.97 Å². The molecule has 3 nitrogen and oxygen atoms in total. The third-order valence-electron chi connectivity index (χ3n) is 1.85. The summed E-state index contributed by atoms with van der Waals surface area (Å²) in [5.74, 6) is -0.504. The van der Waals surface area contributed by atoms with Crippen molar-refractivity contribution < 1.29 is 14.3 Å². The molecule has 16 heavy (non-hydrogen) atoms. The van der Waals surface area contributed by atoms with E-state index < -0.39 is 5.97 Å². The van der Waals surface area contributed by atoms with Crippen molar-refractivity contribution in [3.63, 3.8) is 0 Å². The minimum Gasteiger partial charge on any atom is -0.481 e. The summed E-state index contributed by atoms with van der Waals surface area (Å²) in [4.78, 5) is 14.6. The van der Waals surface area contributed by atoms with Crippen LogP contribution in [0.1, 0.15) is 5.01 Å². The van der Waals surface area contributed by atoms with Crippen molar-refractivity contribution in [2.75, 3.05) is 5.75 Å². The van der Waals surface area contributed by atoms with Crippen molar-refractivity contribution in [2.45, 2.75) is 5.75 Å². The highest BCUT2D eigenvalue weighted by atomic mass is 32.2. The minimum atomic E-state index is -0.836. The molecule has 0 aliphatic rings. The Kier molecular flexibility index (Phi) is 3.40. The Balaban J connectivity index is 2.10. The molecule has 1 N–H and O–H groups in total. The van der Waals surface area contributed by atoms with Gasteiger partial charge < -0.3 is 5.11 Å². The van der Waals surface area contributed by atoms with Gasteiger partial charge in [0.1, 0.15) is 10.8 Å². The number of carboxylic acids is 1. The first-order chi connectivity index (χ1) is 7.65. The Morgan fingerprint density at radius 3 is 3.12 bits per heavy atom. The summed E-state index contributed by atoms with van der Waals surface area (Å²) in [7, 11) is 0. The molecule has 0 atom stereocenters. The fourth-order valence-electron chi connectivity index (χ4n) is 1.23. The molecule has 0 radical (unpaired) electrons. The molecule has 0 aliphatic carbocycles. The first-order valence-corrected chi connectivity index (χ1v) is 6.47. The molecule has 6 heteroatoms. The van der Waals surface area contributed by atoms with Gasteiger partial charge in [0.05, 0.1) is 16.0 Å². The Labute approximate surface area is 99.3 Å². The molecule has 0 saturated heterocycles. The van der Waals surface area contributed by atoms with Gasteiger partial charge in [-0.1, -0.05) is 0 Å². The first-order valence-electron chi connectivity index (χ1n) is 4.49. The van der Waals surface area contributed by atoms with Gasteiger partial charge in [0.25, 0.3) is 0 Å². The predicted octanol–water partition coefficient (Wildman–Crippen LogP) is 2.75. The number of nitrogens with zero attached hydrogens (tertiary/aromatic N) is 1. The lowest BCUT2D eigenvalue weighted by Crippen LogP contribution is -1.97. The third-order valence-corrected chi connectivity index (χ3v) is 3.98. The van der Waals surface area contributed by atoms with Crippen LogP contribution in [0, 0.1) is 5.82 Å². The number of hydrogen-bond donors (Lipinski definition) is 1. The van der Waals surface area contributed by atoms with Gasteiger partial charge in [0.15, 0.2) is 0 Å². The number of thiazole rings is 1. The summed E-state index contributed by atoms with van der Waals surface area (Å²) in [6, 6.07) is 4.45. The largest absolute Gasteiger partial charge is 0.481 e. The van der Waals surface area contributed by atoms with E-state index in [1.54, 1.807) is 6.07 Å². The van der Waals surface area contributed by atoms with Crippen LogP contribution in [0.4, 0.5) is 4.39 Å². The van der Waals surface area contributed by atoms with E-state index in [0.29, 0.717) is 5.75 Å². The highest BCUT2D eigenvalue weighted by Crippen LogP contribution is 2.25. The number of aromatic nitrogens is 1. The van der Waals surface area contributed by atoms with E-state index in [-0.39, 0.29) is 11.6 Å². The van der Waals surface area contributed by atoms with Gasteiger partial charge in [0, 0.05) is 5.75 Å². The zero-order valence-electron chi connectivity index (χ0n) is 8.14. The van der Waals surface area contributed by atoms with E-state index in [2.05, 4.69) is 4.98 Å². The summed E-state index contributed by atoms with van der Waals surface area (Å²) >= 11 is 2.69. The normalized spacial score (nSPS) is 10.8. The summed E-state index contributed by atoms with van der Waals surface area (Å²) in [5.41, 5.74) is 0.761.